The molecule has 1 aliphatic carbocycles. The molecule has 0 bridgehead atoms. The number of hydrogen-bond acceptors (Lipinski definition) is 2. The van der Waals surface area contributed by atoms with Crippen LogP contribution >= 0.6 is 11.6 Å². The van der Waals surface area contributed by atoms with Crippen LogP contribution < -0.4 is 5.73 Å². The monoisotopic (exact) mass is 294 g/mol. The van der Waals surface area contributed by atoms with Gasteiger partial charge in [-0.2, -0.15) is 0 Å². The summed E-state index contributed by atoms with van der Waals surface area (Å²) >= 11 is 6.01. The van der Waals surface area contributed by atoms with E-state index in [2.05, 4.69) is 18.0 Å². The first-order valence-corrected chi connectivity index (χ1v) is 8.22. The summed E-state index contributed by atoms with van der Waals surface area (Å²) in [7, 11) is 2.22. The van der Waals surface area contributed by atoms with Gasteiger partial charge in [0.25, 0.3) is 0 Å². The smallest absolute Gasteiger partial charge is 0.0409 e. The molecule has 2 N–H and O–H groups in total. The van der Waals surface area contributed by atoms with E-state index in [9.17, 15) is 0 Å². The fourth-order valence-electron chi connectivity index (χ4n) is 3.17. The topological polar surface area (TPSA) is 29.3 Å². The molecule has 1 atom stereocenters. The van der Waals surface area contributed by atoms with E-state index in [1.807, 2.05) is 18.2 Å². The van der Waals surface area contributed by atoms with Crippen LogP contribution in [0.1, 0.15) is 50.1 Å². The van der Waals surface area contributed by atoms with Crippen molar-refractivity contribution < 1.29 is 0 Å². The Hall–Kier alpha value is -0.570. The largest absolute Gasteiger partial charge is 0.324 e. The minimum Gasteiger partial charge on any atom is -0.324 e. The summed E-state index contributed by atoms with van der Waals surface area (Å²) < 4.78 is 0. The van der Waals surface area contributed by atoms with Crippen LogP contribution in [0.4, 0.5) is 0 Å². The Morgan fingerprint density at radius 2 is 2.05 bits per heavy atom. The maximum atomic E-state index is 6.26. The molecule has 0 spiro atoms. The highest BCUT2D eigenvalue weighted by atomic mass is 35.5. The Balaban J connectivity index is 1.73. The van der Waals surface area contributed by atoms with Crippen molar-refractivity contribution in [1.29, 1.82) is 0 Å². The molecule has 0 amide bonds. The number of nitrogens with two attached hydrogens (primary N) is 1. The van der Waals surface area contributed by atoms with Crippen molar-refractivity contribution in [2.75, 3.05) is 20.1 Å². The maximum Gasteiger partial charge on any atom is 0.0409 e. The second-order valence-electron chi connectivity index (χ2n) is 6.22. The molecule has 112 valence electrons. The summed E-state index contributed by atoms with van der Waals surface area (Å²) in [6.07, 6.45) is 8.07. The molecule has 1 saturated carbocycles. The third-order valence-corrected chi connectivity index (χ3v) is 4.63. The number of benzene rings is 1. The van der Waals surface area contributed by atoms with E-state index in [1.54, 1.807) is 0 Å². The lowest BCUT2D eigenvalue weighted by atomic mass is 9.89. The van der Waals surface area contributed by atoms with Crippen LogP contribution in [0.5, 0.6) is 0 Å². The van der Waals surface area contributed by atoms with Crippen LogP contribution in [0.15, 0.2) is 24.3 Å². The van der Waals surface area contributed by atoms with Crippen LogP contribution in [0, 0.1) is 5.92 Å². The first kappa shape index (κ1) is 15.8. The Labute approximate surface area is 128 Å². The summed E-state index contributed by atoms with van der Waals surface area (Å²) in [5.41, 5.74) is 7.40. The normalized spacial score (nSPS) is 18.4. The molecule has 0 saturated heterocycles. The fraction of sp³-hybridized carbons (Fsp3) is 0.647. The lowest BCUT2D eigenvalue weighted by molar-refractivity contribution is 0.228. The first-order chi connectivity index (χ1) is 9.65. The molecule has 20 heavy (non-hydrogen) atoms. The van der Waals surface area contributed by atoms with Gasteiger partial charge in [-0.3, -0.25) is 0 Å². The molecule has 1 fully saturated rings. The van der Waals surface area contributed by atoms with Crippen molar-refractivity contribution in [3.63, 3.8) is 0 Å². The van der Waals surface area contributed by atoms with Gasteiger partial charge in [0, 0.05) is 17.6 Å². The van der Waals surface area contributed by atoms with Crippen LogP contribution in [0.3, 0.4) is 0 Å². The van der Waals surface area contributed by atoms with Crippen LogP contribution in [-0.4, -0.2) is 25.0 Å². The van der Waals surface area contributed by atoms with E-state index in [4.69, 9.17) is 17.3 Å². The zero-order valence-corrected chi connectivity index (χ0v) is 13.3. The fourth-order valence-corrected chi connectivity index (χ4v) is 3.36. The molecule has 0 aromatic heterocycles. The maximum absolute atomic E-state index is 6.26. The zero-order chi connectivity index (χ0) is 14.4. The third-order valence-electron chi connectivity index (χ3n) is 4.39. The minimum atomic E-state index is 0.0857. The number of rotatable bonds is 6. The number of halogens is 1. The van der Waals surface area contributed by atoms with Gasteiger partial charge in [-0.25, -0.2) is 0 Å². The third kappa shape index (κ3) is 5.08. The lowest BCUT2D eigenvalue weighted by Gasteiger charge is -2.27. The van der Waals surface area contributed by atoms with E-state index < -0.39 is 0 Å². The van der Waals surface area contributed by atoms with Crippen molar-refractivity contribution in [1.82, 2.24) is 4.90 Å². The quantitative estimate of drug-likeness (QED) is 0.850. The predicted octanol–water partition coefficient (Wildman–Crippen LogP) is 4.24. The molecular weight excluding hydrogens is 268 g/mol. The first-order valence-electron chi connectivity index (χ1n) is 7.85. The molecule has 0 radical (unpaired) electrons. The second kappa shape index (κ2) is 8.02. The van der Waals surface area contributed by atoms with Gasteiger partial charge in [0.2, 0.25) is 0 Å². The molecule has 3 heteroatoms. The van der Waals surface area contributed by atoms with Gasteiger partial charge in [-0.05, 0) is 56.5 Å². The summed E-state index contributed by atoms with van der Waals surface area (Å²) in [6, 6.07) is 8.00. The standard InChI is InChI=1S/C17H27ClN2/c1-20(13-14-6-3-2-4-7-14)11-10-17(19)15-8-5-9-16(18)12-15/h5,8-9,12,14,17H,2-4,6-7,10-11,13,19H2,1H3. The molecule has 1 unspecified atom stereocenters. The van der Waals surface area contributed by atoms with Crippen LogP contribution in [-0.2, 0) is 0 Å². The van der Waals surface area contributed by atoms with Crippen molar-refractivity contribution in [3.05, 3.63) is 34.9 Å². The molecule has 1 aromatic carbocycles. The van der Waals surface area contributed by atoms with Crippen LogP contribution in [0.25, 0.3) is 0 Å². The minimum absolute atomic E-state index is 0.0857. The molecule has 2 nitrogen and oxygen atoms in total. The average molecular weight is 295 g/mol. The van der Waals surface area contributed by atoms with Crippen molar-refractivity contribution >= 4 is 11.6 Å². The van der Waals surface area contributed by atoms with Gasteiger partial charge >= 0.3 is 0 Å². The van der Waals surface area contributed by atoms with E-state index in [-0.39, 0.29) is 6.04 Å². The molecule has 2 rings (SSSR count). The highest BCUT2D eigenvalue weighted by Gasteiger charge is 2.16. The van der Waals surface area contributed by atoms with E-state index in [0.29, 0.717) is 0 Å². The zero-order valence-electron chi connectivity index (χ0n) is 12.5. The van der Waals surface area contributed by atoms with E-state index in [0.717, 1.165) is 29.5 Å². The SMILES string of the molecule is CN(CCC(N)c1cccc(Cl)c1)CC1CCCCC1. The lowest BCUT2D eigenvalue weighted by Crippen LogP contribution is -2.29. The summed E-state index contributed by atoms with van der Waals surface area (Å²) in [6.45, 7) is 2.28. The Morgan fingerprint density at radius 1 is 1.30 bits per heavy atom. The van der Waals surface area contributed by atoms with Crippen molar-refractivity contribution in [2.24, 2.45) is 11.7 Å². The van der Waals surface area contributed by atoms with Gasteiger partial charge in [0.1, 0.15) is 0 Å². The second-order valence-corrected chi connectivity index (χ2v) is 6.65. The van der Waals surface area contributed by atoms with Gasteiger partial charge < -0.3 is 10.6 Å². The van der Waals surface area contributed by atoms with Crippen LogP contribution in [0.2, 0.25) is 5.02 Å². The Kier molecular flexibility index (Phi) is 6.34. The summed E-state index contributed by atoms with van der Waals surface area (Å²) in [5, 5.41) is 0.772. The highest BCUT2D eigenvalue weighted by Crippen LogP contribution is 2.24. The number of nitrogens with zero attached hydrogens (tertiary/aromatic N) is 1. The molecular formula is C17H27ClN2. The van der Waals surface area contributed by atoms with E-state index >= 15 is 0 Å². The molecule has 0 aliphatic heterocycles. The Morgan fingerprint density at radius 3 is 2.75 bits per heavy atom. The van der Waals surface area contributed by atoms with Gasteiger partial charge in [-0.15, -0.1) is 0 Å². The Bertz CT molecular complexity index is 402. The van der Waals surface area contributed by atoms with Gasteiger partial charge in [-0.1, -0.05) is 43.0 Å². The van der Waals surface area contributed by atoms with Gasteiger partial charge in [0.05, 0.1) is 0 Å². The number of hydrogen-bond donors (Lipinski definition) is 1. The van der Waals surface area contributed by atoms with E-state index in [1.165, 1.54) is 38.6 Å². The predicted molar refractivity (Wildman–Crippen MR) is 87.1 cm³/mol. The van der Waals surface area contributed by atoms with Gasteiger partial charge in [0.15, 0.2) is 0 Å². The molecule has 1 aromatic rings. The summed E-state index contributed by atoms with van der Waals surface area (Å²) in [4.78, 5) is 2.44. The average Bonchev–Trinajstić information content (AvgIpc) is 2.46. The van der Waals surface area contributed by atoms with Crippen molar-refractivity contribution in [2.45, 2.75) is 44.6 Å². The highest BCUT2D eigenvalue weighted by molar-refractivity contribution is 6.30. The molecule has 0 heterocycles. The van der Waals surface area contributed by atoms with Crippen molar-refractivity contribution in [3.8, 4) is 0 Å². The molecule has 1 aliphatic rings. The summed E-state index contributed by atoms with van der Waals surface area (Å²) in [5.74, 6) is 0.899.